The van der Waals surface area contributed by atoms with Crippen LogP contribution in [-0.4, -0.2) is 13.1 Å². The largest absolute Gasteiger partial charge is 0.469 e. The molecule has 0 aliphatic heterocycles. The van der Waals surface area contributed by atoms with Gasteiger partial charge in [0.25, 0.3) is 0 Å². The van der Waals surface area contributed by atoms with Crippen molar-refractivity contribution in [3.8, 4) is 0 Å². The minimum absolute atomic E-state index is 0.0172. The molecule has 0 aliphatic rings. The van der Waals surface area contributed by atoms with Crippen LogP contribution in [0, 0.1) is 3.57 Å². The summed E-state index contributed by atoms with van der Waals surface area (Å²) in [7, 11) is 1.24. The Morgan fingerprint density at radius 3 is 1.86 bits per heavy atom. The average Bonchev–Trinajstić information content (AvgIpc) is 2.61. The van der Waals surface area contributed by atoms with Crippen molar-refractivity contribution >= 4 is 60.4 Å². The lowest BCUT2D eigenvalue weighted by atomic mass is 10.1. The Kier molecular flexibility index (Phi) is 9.93. The van der Waals surface area contributed by atoms with Crippen molar-refractivity contribution in [1.82, 2.24) is 0 Å². The third kappa shape index (κ3) is 8.08. The van der Waals surface area contributed by atoms with Crippen LogP contribution in [0.1, 0.15) is 23.1 Å². The lowest BCUT2D eigenvalue weighted by Crippen LogP contribution is -2.08. The molecule has 0 spiro atoms. The van der Waals surface area contributed by atoms with E-state index in [0.717, 1.165) is 12.1 Å². The number of rotatable bonds is 3. The Balaban J connectivity index is 0.000000308. The van der Waals surface area contributed by atoms with Gasteiger partial charge in [-0.3, -0.25) is 4.79 Å². The second-order valence-corrected chi connectivity index (χ2v) is 8.20. The molecule has 2 nitrogen and oxygen atoms in total. The van der Waals surface area contributed by atoms with Crippen LogP contribution in [0.2, 0.25) is 0 Å². The predicted octanol–water partition coefficient (Wildman–Crippen LogP) is 7.65. The molecule has 160 valence electrons. The molecule has 0 bridgehead atoms. The molecule has 0 saturated carbocycles. The van der Waals surface area contributed by atoms with E-state index in [4.69, 9.17) is 0 Å². The molecule has 0 radical (unpaired) electrons. The third-order valence-electron chi connectivity index (χ3n) is 3.47. The van der Waals surface area contributed by atoms with Crippen LogP contribution in [0.25, 0.3) is 0 Å². The van der Waals surface area contributed by atoms with Crippen molar-refractivity contribution < 1.29 is 35.9 Å². The van der Waals surface area contributed by atoms with Crippen LogP contribution < -0.4 is 0 Å². The van der Waals surface area contributed by atoms with Gasteiger partial charge in [-0.25, -0.2) is 0 Å². The molecule has 0 fully saturated rings. The number of hydrogen-bond acceptors (Lipinski definition) is 2. The summed E-state index contributed by atoms with van der Waals surface area (Å²) in [4.78, 5) is 10.9. The van der Waals surface area contributed by atoms with Gasteiger partial charge in [-0.05, 0) is 84.6 Å². The summed E-state index contributed by atoms with van der Waals surface area (Å²) in [5.74, 6) is -0.450. The first kappa shape index (κ1) is 26.2. The highest BCUT2D eigenvalue weighted by molar-refractivity contribution is 14.1. The van der Waals surface area contributed by atoms with Crippen LogP contribution in [0.3, 0.4) is 0 Å². The summed E-state index contributed by atoms with van der Waals surface area (Å²) in [5.41, 5.74) is -0.931. The summed E-state index contributed by atoms with van der Waals surface area (Å²) in [6.07, 6.45) is -8.42. The van der Waals surface area contributed by atoms with Crippen molar-refractivity contribution in [2.24, 2.45) is 0 Å². The normalized spacial score (nSPS) is 11.5. The van der Waals surface area contributed by atoms with Gasteiger partial charge in [-0.2, -0.15) is 26.3 Å². The number of methoxy groups -OCH3 is 1. The zero-order valence-electron chi connectivity index (χ0n) is 14.6. The first-order valence-electron chi connectivity index (χ1n) is 7.71. The molecule has 0 aromatic heterocycles. The van der Waals surface area contributed by atoms with E-state index in [9.17, 15) is 31.1 Å². The zero-order chi connectivity index (χ0) is 22.4. The number of ether oxygens (including phenoxy) is 1. The SMILES string of the molecule is COC(=O)CCc1cccc(C(F)(F)F)c1Br.FC(F)(F)c1cccc(I)c1Br. The third-order valence-corrected chi connectivity index (χ3v) is 6.90. The number of esters is 1. The Bertz CT molecular complexity index is 853. The Morgan fingerprint density at radius 2 is 1.41 bits per heavy atom. The van der Waals surface area contributed by atoms with E-state index in [2.05, 4.69) is 36.6 Å². The van der Waals surface area contributed by atoms with Crippen molar-refractivity contribution in [2.45, 2.75) is 25.2 Å². The first-order chi connectivity index (χ1) is 13.3. The summed E-state index contributed by atoms with van der Waals surface area (Å²) < 4.78 is 79.4. The fourth-order valence-corrected chi connectivity index (χ4v) is 3.73. The predicted molar refractivity (Wildman–Crippen MR) is 111 cm³/mol. The van der Waals surface area contributed by atoms with Gasteiger partial charge < -0.3 is 4.74 Å². The maximum Gasteiger partial charge on any atom is 0.417 e. The van der Waals surface area contributed by atoms with Crippen molar-refractivity contribution in [2.75, 3.05) is 7.11 Å². The van der Waals surface area contributed by atoms with Gasteiger partial charge >= 0.3 is 18.3 Å². The lowest BCUT2D eigenvalue weighted by Gasteiger charge is -2.12. The minimum Gasteiger partial charge on any atom is -0.469 e. The van der Waals surface area contributed by atoms with Gasteiger partial charge in [0.2, 0.25) is 0 Å². The number of aryl methyl sites for hydroxylation is 1. The number of hydrogen-bond donors (Lipinski definition) is 0. The number of benzene rings is 2. The van der Waals surface area contributed by atoms with E-state index < -0.39 is 29.4 Å². The molecule has 0 heterocycles. The number of carbonyl (C=O) groups excluding carboxylic acids is 1. The van der Waals surface area contributed by atoms with E-state index >= 15 is 0 Å². The van der Waals surface area contributed by atoms with Gasteiger partial charge in [0, 0.05) is 18.9 Å². The molecule has 29 heavy (non-hydrogen) atoms. The standard InChI is InChI=1S/C11H10BrF3O2.C7H3BrF3I/c1-17-9(16)6-5-7-3-2-4-8(10(7)12)11(13,14)15;8-6-4(7(9,10)11)2-1-3-5(6)12/h2-4H,5-6H2,1H3;1-3H. The van der Waals surface area contributed by atoms with Gasteiger partial charge in [0.15, 0.2) is 0 Å². The number of carbonyl (C=O) groups is 1. The second-order valence-electron chi connectivity index (χ2n) is 5.45. The lowest BCUT2D eigenvalue weighted by molar-refractivity contribution is -0.140. The smallest absolute Gasteiger partial charge is 0.417 e. The molecular formula is C18H13Br2F6IO2. The summed E-state index contributed by atoms with van der Waals surface area (Å²) >= 11 is 7.65. The first-order valence-corrected chi connectivity index (χ1v) is 10.4. The topological polar surface area (TPSA) is 26.3 Å². The molecule has 0 amide bonds. The molecule has 2 rings (SSSR count). The Morgan fingerprint density at radius 1 is 0.931 bits per heavy atom. The van der Waals surface area contributed by atoms with E-state index in [1.165, 1.54) is 19.2 Å². The van der Waals surface area contributed by atoms with E-state index in [1.54, 1.807) is 12.1 Å². The fraction of sp³-hybridized carbons (Fsp3) is 0.278. The Labute approximate surface area is 193 Å². The van der Waals surface area contributed by atoms with E-state index in [-0.39, 0.29) is 21.8 Å². The summed E-state index contributed by atoms with van der Waals surface area (Å²) in [5, 5.41) is 0. The van der Waals surface area contributed by atoms with Gasteiger partial charge in [-0.1, -0.05) is 18.2 Å². The van der Waals surface area contributed by atoms with Crippen LogP contribution in [-0.2, 0) is 28.3 Å². The van der Waals surface area contributed by atoms with Gasteiger partial charge in [0.1, 0.15) is 0 Å². The molecule has 0 atom stereocenters. The van der Waals surface area contributed by atoms with Crippen LogP contribution in [0.5, 0.6) is 0 Å². The zero-order valence-corrected chi connectivity index (χ0v) is 19.9. The monoisotopic (exact) mass is 660 g/mol. The van der Waals surface area contributed by atoms with Crippen LogP contribution >= 0.6 is 54.5 Å². The van der Waals surface area contributed by atoms with Gasteiger partial charge in [0.05, 0.1) is 18.2 Å². The van der Waals surface area contributed by atoms with Crippen LogP contribution in [0.15, 0.2) is 45.3 Å². The average molecular weight is 662 g/mol. The fourth-order valence-electron chi connectivity index (χ4n) is 2.05. The van der Waals surface area contributed by atoms with E-state index in [1.807, 2.05) is 22.6 Å². The molecule has 2 aromatic carbocycles. The van der Waals surface area contributed by atoms with Crippen molar-refractivity contribution in [3.63, 3.8) is 0 Å². The van der Waals surface area contributed by atoms with Gasteiger partial charge in [-0.15, -0.1) is 0 Å². The summed E-state index contributed by atoms with van der Waals surface area (Å²) in [6, 6.07) is 7.90. The van der Waals surface area contributed by atoms with Crippen molar-refractivity contribution in [1.29, 1.82) is 0 Å². The summed E-state index contributed by atoms with van der Waals surface area (Å²) in [6.45, 7) is 0. The molecule has 0 N–H and O–H groups in total. The molecule has 0 unspecified atom stereocenters. The number of alkyl halides is 6. The van der Waals surface area contributed by atoms with E-state index in [0.29, 0.717) is 9.13 Å². The molecular weight excluding hydrogens is 649 g/mol. The number of halogens is 9. The minimum atomic E-state index is -4.40. The molecule has 2 aromatic rings. The maximum absolute atomic E-state index is 12.6. The Hall–Kier alpha value is -0.820. The molecule has 0 saturated heterocycles. The van der Waals surface area contributed by atoms with Crippen molar-refractivity contribution in [3.05, 3.63) is 65.6 Å². The molecule has 11 heteroatoms. The maximum atomic E-state index is 12.6. The highest BCUT2D eigenvalue weighted by atomic mass is 127. The highest BCUT2D eigenvalue weighted by Gasteiger charge is 2.34. The van der Waals surface area contributed by atoms with Crippen LogP contribution in [0.4, 0.5) is 26.3 Å². The quantitative estimate of drug-likeness (QED) is 0.192. The highest BCUT2D eigenvalue weighted by Crippen LogP contribution is 2.37. The second kappa shape index (κ2) is 11.0. The molecule has 0 aliphatic carbocycles.